The number of thioether (sulfide) groups is 1. The summed E-state index contributed by atoms with van der Waals surface area (Å²) >= 11 is 1.32. The van der Waals surface area contributed by atoms with E-state index in [9.17, 15) is 9.59 Å². The predicted molar refractivity (Wildman–Crippen MR) is 71.1 cm³/mol. The van der Waals surface area contributed by atoms with Gasteiger partial charge in [-0.3, -0.25) is 9.59 Å². The highest BCUT2D eigenvalue weighted by Gasteiger charge is 2.22. The number of amides is 1. The van der Waals surface area contributed by atoms with Crippen LogP contribution in [0.4, 0.5) is 5.69 Å². The van der Waals surface area contributed by atoms with Gasteiger partial charge in [0.15, 0.2) is 0 Å². The third kappa shape index (κ3) is 2.51. The lowest BCUT2D eigenvalue weighted by molar-refractivity contribution is -0.136. The smallest absolute Gasteiger partial charge is 0.316 e. The highest BCUT2D eigenvalue weighted by atomic mass is 32.2. The first kappa shape index (κ1) is 13.0. The van der Waals surface area contributed by atoms with Gasteiger partial charge in [-0.25, -0.2) is 0 Å². The summed E-state index contributed by atoms with van der Waals surface area (Å²) in [4.78, 5) is 24.9. The van der Waals surface area contributed by atoms with E-state index in [-0.39, 0.29) is 5.91 Å². The Morgan fingerprint density at radius 1 is 1.44 bits per heavy atom. The van der Waals surface area contributed by atoms with Gasteiger partial charge in [0.05, 0.1) is 0 Å². The SMILES string of the molecule is CC(=O)N1CCc2cc(SC(C)C(=O)O)ccc21. The molecule has 0 saturated carbocycles. The van der Waals surface area contributed by atoms with E-state index in [1.54, 1.807) is 18.7 Å². The fourth-order valence-electron chi connectivity index (χ4n) is 2.03. The van der Waals surface area contributed by atoms with E-state index < -0.39 is 11.2 Å². The second-order valence-corrected chi connectivity index (χ2v) is 5.72. The number of carbonyl (C=O) groups is 2. The van der Waals surface area contributed by atoms with Gasteiger partial charge in [0, 0.05) is 24.1 Å². The van der Waals surface area contributed by atoms with Crippen molar-refractivity contribution in [1.29, 1.82) is 0 Å². The van der Waals surface area contributed by atoms with Crippen molar-refractivity contribution in [2.45, 2.75) is 30.4 Å². The first-order valence-corrected chi connectivity index (χ1v) is 6.67. The van der Waals surface area contributed by atoms with Crippen LogP contribution in [0, 0.1) is 0 Å². The van der Waals surface area contributed by atoms with E-state index in [0.29, 0.717) is 6.54 Å². The minimum absolute atomic E-state index is 0.0491. The monoisotopic (exact) mass is 265 g/mol. The molecule has 0 saturated heterocycles. The van der Waals surface area contributed by atoms with E-state index in [1.807, 2.05) is 18.2 Å². The first-order valence-electron chi connectivity index (χ1n) is 5.79. The van der Waals surface area contributed by atoms with Crippen LogP contribution in [0.5, 0.6) is 0 Å². The van der Waals surface area contributed by atoms with Gasteiger partial charge >= 0.3 is 5.97 Å². The summed E-state index contributed by atoms with van der Waals surface area (Å²) in [5.41, 5.74) is 2.07. The maximum Gasteiger partial charge on any atom is 0.316 e. The molecule has 1 aromatic rings. The summed E-state index contributed by atoms with van der Waals surface area (Å²) in [7, 11) is 0. The fourth-order valence-corrected chi connectivity index (χ4v) is 2.90. The van der Waals surface area contributed by atoms with Gasteiger partial charge in [0.1, 0.15) is 5.25 Å². The molecular weight excluding hydrogens is 250 g/mol. The average molecular weight is 265 g/mol. The molecule has 0 aromatic heterocycles. The molecule has 0 radical (unpaired) electrons. The predicted octanol–water partition coefficient (Wildman–Crippen LogP) is 2.16. The van der Waals surface area contributed by atoms with Gasteiger partial charge in [-0.1, -0.05) is 0 Å². The third-order valence-corrected chi connectivity index (χ3v) is 4.07. The van der Waals surface area contributed by atoms with Gasteiger partial charge in [0.25, 0.3) is 0 Å². The lowest BCUT2D eigenvalue weighted by atomic mass is 10.2. The molecule has 2 rings (SSSR count). The number of rotatable bonds is 3. The van der Waals surface area contributed by atoms with Crippen molar-refractivity contribution in [3.8, 4) is 0 Å². The van der Waals surface area contributed by atoms with Gasteiger partial charge in [-0.15, -0.1) is 11.8 Å². The number of anilines is 1. The molecule has 0 fully saturated rings. The zero-order valence-electron chi connectivity index (χ0n) is 10.3. The van der Waals surface area contributed by atoms with Gasteiger partial charge in [-0.2, -0.15) is 0 Å². The van der Waals surface area contributed by atoms with Crippen molar-refractivity contribution < 1.29 is 14.7 Å². The van der Waals surface area contributed by atoms with Crippen molar-refractivity contribution in [2.75, 3.05) is 11.4 Å². The lowest BCUT2D eigenvalue weighted by Gasteiger charge is -2.15. The molecule has 1 unspecified atom stereocenters. The molecule has 1 heterocycles. The quantitative estimate of drug-likeness (QED) is 0.851. The van der Waals surface area contributed by atoms with Crippen LogP contribution in [-0.4, -0.2) is 28.8 Å². The van der Waals surface area contributed by atoms with Gasteiger partial charge < -0.3 is 10.0 Å². The lowest BCUT2D eigenvalue weighted by Crippen LogP contribution is -2.25. The Morgan fingerprint density at radius 3 is 2.78 bits per heavy atom. The van der Waals surface area contributed by atoms with E-state index in [0.717, 1.165) is 22.6 Å². The Bertz CT molecular complexity index is 501. The molecule has 1 aromatic carbocycles. The number of fused-ring (bicyclic) bond motifs is 1. The highest BCUT2D eigenvalue weighted by Crippen LogP contribution is 2.33. The maximum atomic E-state index is 11.4. The molecule has 1 amide bonds. The molecule has 1 aliphatic heterocycles. The van der Waals surface area contributed by atoms with Crippen LogP contribution in [0.2, 0.25) is 0 Å². The normalized spacial score (nSPS) is 15.3. The van der Waals surface area contributed by atoms with Crippen LogP contribution in [0.15, 0.2) is 23.1 Å². The van der Waals surface area contributed by atoms with Crippen LogP contribution >= 0.6 is 11.8 Å². The Balaban J connectivity index is 2.19. The number of hydrogen-bond donors (Lipinski definition) is 1. The van der Waals surface area contributed by atoms with Crippen molar-refractivity contribution in [1.82, 2.24) is 0 Å². The minimum atomic E-state index is -0.814. The number of carboxylic acids is 1. The summed E-state index contributed by atoms with van der Waals surface area (Å²) in [6.45, 7) is 3.94. The van der Waals surface area contributed by atoms with Crippen LogP contribution in [0.3, 0.4) is 0 Å². The Labute approximate surface area is 110 Å². The first-order chi connectivity index (χ1) is 8.49. The van der Waals surface area contributed by atoms with E-state index in [4.69, 9.17) is 5.11 Å². The molecule has 4 nitrogen and oxygen atoms in total. The zero-order chi connectivity index (χ0) is 13.3. The summed E-state index contributed by atoms with van der Waals surface area (Å²) in [5, 5.41) is 8.41. The molecular formula is C13H15NO3S. The molecule has 1 atom stereocenters. The molecule has 1 N–H and O–H groups in total. The molecule has 96 valence electrons. The largest absolute Gasteiger partial charge is 0.480 e. The summed E-state index contributed by atoms with van der Waals surface area (Å²) in [5.74, 6) is -0.765. The third-order valence-electron chi connectivity index (χ3n) is 2.99. The van der Waals surface area contributed by atoms with Gasteiger partial charge in [0.2, 0.25) is 5.91 Å². The average Bonchev–Trinajstić information content (AvgIpc) is 2.71. The van der Waals surface area contributed by atoms with Crippen LogP contribution in [0.25, 0.3) is 0 Å². The second kappa shape index (κ2) is 5.02. The fraction of sp³-hybridized carbons (Fsp3) is 0.385. The number of benzene rings is 1. The number of aliphatic carboxylic acids is 1. The topological polar surface area (TPSA) is 57.6 Å². The van der Waals surface area contributed by atoms with Crippen LogP contribution in [-0.2, 0) is 16.0 Å². The number of hydrogen-bond acceptors (Lipinski definition) is 3. The number of carboxylic acid groups (broad SMARTS) is 1. The zero-order valence-corrected chi connectivity index (χ0v) is 11.2. The van der Waals surface area contributed by atoms with Crippen molar-refractivity contribution in [3.05, 3.63) is 23.8 Å². The standard InChI is InChI=1S/C13H15NO3S/c1-8(13(16)17)18-11-3-4-12-10(7-11)5-6-14(12)9(2)15/h3-4,7-8H,5-6H2,1-2H3,(H,16,17). The summed E-state index contributed by atoms with van der Waals surface area (Å²) in [6, 6.07) is 5.77. The molecule has 0 bridgehead atoms. The number of nitrogens with zero attached hydrogens (tertiary/aromatic N) is 1. The van der Waals surface area contributed by atoms with Crippen molar-refractivity contribution in [2.24, 2.45) is 0 Å². The van der Waals surface area contributed by atoms with E-state index in [2.05, 4.69) is 0 Å². The van der Waals surface area contributed by atoms with E-state index in [1.165, 1.54) is 11.8 Å². The Hall–Kier alpha value is -1.49. The molecule has 0 spiro atoms. The summed E-state index contributed by atoms with van der Waals surface area (Å²) < 4.78 is 0. The molecule has 1 aliphatic rings. The number of carbonyl (C=O) groups excluding carboxylic acids is 1. The van der Waals surface area contributed by atoms with Crippen molar-refractivity contribution in [3.63, 3.8) is 0 Å². The highest BCUT2D eigenvalue weighted by molar-refractivity contribution is 8.00. The molecule has 0 aliphatic carbocycles. The van der Waals surface area contributed by atoms with Crippen molar-refractivity contribution >= 4 is 29.3 Å². The van der Waals surface area contributed by atoms with Gasteiger partial charge in [-0.05, 0) is 37.1 Å². The maximum absolute atomic E-state index is 11.4. The Kier molecular flexibility index (Phi) is 3.61. The summed E-state index contributed by atoms with van der Waals surface area (Å²) in [6.07, 6.45) is 0.838. The van der Waals surface area contributed by atoms with Crippen LogP contribution in [0.1, 0.15) is 19.4 Å². The molecule has 5 heteroatoms. The molecule has 18 heavy (non-hydrogen) atoms. The minimum Gasteiger partial charge on any atom is -0.480 e. The Morgan fingerprint density at radius 2 is 2.17 bits per heavy atom. The van der Waals surface area contributed by atoms with E-state index >= 15 is 0 Å². The second-order valence-electron chi connectivity index (χ2n) is 4.31. The van der Waals surface area contributed by atoms with Crippen LogP contribution < -0.4 is 4.90 Å².